The molecule has 0 unspecified atom stereocenters. The second-order valence-electron chi connectivity index (χ2n) is 5.68. The van der Waals surface area contributed by atoms with Crippen LogP contribution in [0, 0.1) is 0 Å². The molecule has 1 aromatic heterocycles. The molecule has 0 radical (unpaired) electrons. The normalized spacial score (nSPS) is 11.5. The molecule has 0 saturated carbocycles. The zero-order valence-corrected chi connectivity index (χ0v) is 13.8. The molecule has 21 heavy (non-hydrogen) atoms. The fourth-order valence-electron chi connectivity index (χ4n) is 1.87. The Morgan fingerprint density at radius 2 is 1.90 bits per heavy atom. The summed E-state index contributed by atoms with van der Waals surface area (Å²) in [6, 6.07) is 0. The SMILES string of the molecule is CCC(CC)c1sc(NC(=O)OC(C)(C)C)nc1C(=O)O. The highest BCUT2D eigenvalue weighted by molar-refractivity contribution is 7.16. The van der Waals surface area contributed by atoms with Crippen molar-refractivity contribution in [3.05, 3.63) is 10.6 Å². The van der Waals surface area contributed by atoms with E-state index in [1.807, 2.05) is 13.8 Å². The molecule has 0 aliphatic heterocycles. The molecule has 7 heteroatoms. The number of aromatic nitrogens is 1. The third-order valence-electron chi connectivity index (χ3n) is 2.82. The number of carboxylic acid groups (broad SMARTS) is 1. The van der Waals surface area contributed by atoms with Gasteiger partial charge in [0.25, 0.3) is 0 Å². The summed E-state index contributed by atoms with van der Waals surface area (Å²) in [6.45, 7) is 9.27. The number of nitrogens with one attached hydrogen (secondary N) is 1. The Morgan fingerprint density at radius 3 is 2.33 bits per heavy atom. The summed E-state index contributed by atoms with van der Waals surface area (Å²) in [4.78, 5) is 27.7. The van der Waals surface area contributed by atoms with Crippen molar-refractivity contribution < 1.29 is 19.4 Å². The Balaban J connectivity index is 2.97. The molecule has 0 aliphatic carbocycles. The van der Waals surface area contributed by atoms with Gasteiger partial charge in [-0.05, 0) is 39.5 Å². The van der Waals surface area contributed by atoms with Gasteiger partial charge in [0, 0.05) is 4.88 Å². The lowest BCUT2D eigenvalue weighted by Crippen LogP contribution is -2.27. The Bertz CT molecular complexity index is 516. The van der Waals surface area contributed by atoms with E-state index < -0.39 is 17.7 Å². The highest BCUT2D eigenvalue weighted by Crippen LogP contribution is 2.34. The number of rotatable bonds is 5. The molecule has 1 amide bonds. The summed E-state index contributed by atoms with van der Waals surface area (Å²) >= 11 is 1.20. The fraction of sp³-hybridized carbons (Fsp3) is 0.643. The van der Waals surface area contributed by atoms with E-state index in [1.54, 1.807) is 20.8 Å². The monoisotopic (exact) mass is 314 g/mol. The molecule has 0 bridgehead atoms. The number of anilines is 1. The first-order valence-corrected chi connectivity index (χ1v) is 7.73. The van der Waals surface area contributed by atoms with E-state index in [1.165, 1.54) is 11.3 Å². The molecule has 0 aliphatic rings. The Labute approximate surface area is 128 Å². The molecule has 1 heterocycles. The first-order chi connectivity index (χ1) is 9.67. The van der Waals surface area contributed by atoms with E-state index >= 15 is 0 Å². The molecule has 6 nitrogen and oxygen atoms in total. The van der Waals surface area contributed by atoms with Crippen molar-refractivity contribution in [3.8, 4) is 0 Å². The van der Waals surface area contributed by atoms with Gasteiger partial charge in [0.1, 0.15) is 5.60 Å². The maximum atomic E-state index is 11.7. The van der Waals surface area contributed by atoms with Gasteiger partial charge in [-0.1, -0.05) is 13.8 Å². The van der Waals surface area contributed by atoms with Crippen LogP contribution in [0.5, 0.6) is 0 Å². The quantitative estimate of drug-likeness (QED) is 0.854. The molecule has 0 saturated heterocycles. The minimum absolute atomic E-state index is 0.0137. The van der Waals surface area contributed by atoms with Crippen molar-refractivity contribution in [2.45, 2.75) is 59.0 Å². The maximum Gasteiger partial charge on any atom is 0.413 e. The van der Waals surface area contributed by atoms with Crippen molar-refractivity contribution >= 4 is 28.5 Å². The molecule has 1 rings (SSSR count). The molecular weight excluding hydrogens is 292 g/mol. The van der Waals surface area contributed by atoms with Crippen LogP contribution in [0.2, 0.25) is 0 Å². The van der Waals surface area contributed by atoms with Gasteiger partial charge >= 0.3 is 12.1 Å². The molecule has 2 N–H and O–H groups in total. The van der Waals surface area contributed by atoms with Crippen molar-refractivity contribution in [1.29, 1.82) is 0 Å². The summed E-state index contributed by atoms with van der Waals surface area (Å²) in [5.41, 5.74) is -0.602. The summed E-state index contributed by atoms with van der Waals surface area (Å²) < 4.78 is 5.13. The Morgan fingerprint density at radius 1 is 1.33 bits per heavy atom. The average Bonchev–Trinajstić information content (AvgIpc) is 2.72. The Kier molecular flexibility index (Phi) is 5.71. The summed E-state index contributed by atoms with van der Waals surface area (Å²) in [7, 11) is 0. The first kappa shape index (κ1) is 17.4. The van der Waals surface area contributed by atoms with Crippen molar-refractivity contribution in [3.63, 3.8) is 0 Å². The Hall–Kier alpha value is -1.63. The minimum Gasteiger partial charge on any atom is -0.476 e. The lowest BCUT2D eigenvalue weighted by Gasteiger charge is -2.18. The number of amides is 1. The topological polar surface area (TPSA) is 88.5 Å². The molecule has 0 fully saturated rings. The van der Waals surface area contributed by atoms with Gasteiger partial charge < -0.3 is 9.84 Å². The fourth-order valence-corrected chi connectivity index (χ4v) is 3.07. The van der Waals surface area contributed by atoms with E-state index in [0.717, 1.165) is 12.8 Å². The summed E-state index contributed by atoms with van der Waals surface area (Å²) in [5, 5.41) is 12.0. The number of thiazole rings is 1. The van der Waals surface area contributed by atoms with Gasteiger partial charge in [-0.3, -0.25) is 5.32 Å². The van der Waals surface area contributed by atoms with Gasteiger partial charge in [0.05, 0.1) is 0 Å². The number of hydrogen-bond donors (Lipinski definition) is 2. The molecule has 0 aromatic carbocycles. The van der Waals surface area contributed by atoms with Crippen LogP contribution in [0.15, 0.2) is 0 Å². The third kappa shape index (κ3) is 5.00. The van der Waals surface area contributed by atoms with Gasteiger partial charge in [0.2, 0.25) is 0 Å². The lowest BCUT2D eigenvalue weighted by molar-refractivity contribution is 0.0632. The number of nitrogens with zero attached hydrogens (tertiary/aromatic N) is 1. The lowest BCUT2D eigenvalue weighted by atomic mass is 10.0. The van der Waals surface area contributed by atoms with Crippen LogP contribution in [0.25, 0.3) is 0 Å². The summed E-state index contributed by atoms with van der Waals surface area (Å²) in [5.74, 6) is -0.951. The minimum atomic E-state index is -1.08. The zero-order chi connectivity index (χ0) is 16.2. The molecule has 0 atom stereocenters. The van der Waals surface area contributed by atoms with E-state index in [-0.39, 0.29) is 16.7 Å². The number of carboxylic acids is 1. The molecular formula is C14H22N2O4S. The third-order valence-corrected chi connectivity index (χ3v) is 3.95. The van der Waals surface area contributed by atoms with E-state index in [4.69, 9.17) is 4.74 Å². The van der Waals surface area contributed by atoms with Gasteiger partial charge in [-0.15, -0.1) is 11.3 Å². The predicted molar refractivity (Wildman–Crippen MR) is 82.3 cm³/mol. The highest BCUT2D eigenvalue weighted by atomic mass is 32.1. The number of carbonyl (C=O) groups excluding carboxylic acids is 1. The first-order valence-electron chi connectivity index (χ1n) is 6.91. The second-order valence-corrected chi connectivity index (χ2v) is 6.71. The number of carbonyl (C=O) groups is 2. The van der Waals surface area contributed by atoms with Gasteiger partial charge in [0.15, 0.2) is 10.8 Å². The van der Waals surface area contributed by atoms with Crippen molar-refractivity contribution in [2.75, 3.05) is 5.32 Å². The number of aromatic carboxylic acids is 1. The number of ether oxygens (including phenoxy) is 1. The maximum absolute atomic E-state index is 11.7. The molecule has 118 valence electrons. The molecule has 0 spiro atoms. The highest BCUT2D eigenvalue weighted by Gasteiger charge is 2.24. The van der Waals surface area contributed by atoms with Crippen LogP contribution >= 0.6 is 11.3 Å². The zero-order valence-electron chi connectivity index (χ0n) is 13.0. The number of hydrogen-bond acceptors (Lipinski definition) is 5. The van der Waals surface area contributed by atoms with Crippen LogP contribution in [-0.4, -0.2) is 27.8 Å². The van der Waals surface area contributed by atoms with E-state index in [0.29, 0.717) is 4.88 Å². The van der Waals surface area contributed by atoms with Crippen LogP contribution in [-0.2, 0) is 4.74 Å². The van der Waals surface area contributed by atoms with Crippen LogP contribution in [0.1, 0.15) is 68.7 Å². The smallest absolute Gasteiger partial charge is 0.413 e. The van der Waals surface area contributed by atoms with E-state index in [9.17, 15) is 14.7 Å². The summed E-state index contributed by atoms with van der Waals surface area (Å²) in [6.07, 6.45) is 1.01. The average molecular weight is 314 g/mol. The second kappa shape index (κ2) is 6.89. The van der Waals surface area contributed by atoms with Crippen LogP contribution in [0.3, 0.4) is 0 Å². The van der Waals surface area contributed by atoms with E-state index in [2.05, 4.69) is 10.3 Å². The van der Waals surface area contributed by atoms with Gasteiger partial charge in [-0.2, -0.15) is 0 Å². The standard InChI is InChI=1S/C14H22N2O4S/c1-6-8(7-2)10-9(11(17)18)15-12(21-10)16-13(19)20-14(3,4)5/h8H,6-7H2,1-5H3,(H,17,18)(H,15,16,19). The van der Waals surface area contributed by atoms with Crippen molar-refractivity contribution in [1.82, 2.24) is 4.98 Å². The van der Waals surface area contributed by atoms with Crippen molar-refractivity contribution in [2.24, 2.45) is 0 Å². The predicted octanol–water partition coefficient (Wildman–Crippen LogP) is 4.09. The largest absolute Gasteiger partial charge is 0.476 e. The van der Waals surface area contributed by atoms with Crippen LogP contribution < -0.4 is 5.32 Å². The van der Waals surface area contributed by atoms with Gasteiger partial charge in [-0.25, -0.2) is 14.6 Å². The van der Waals surface area contributed by atoms with Crippen LogP contribution in [0.4, 0.5) is 9.93 Å². The molecule has 1 aromatic rings.